The Bertz CT molecular complexity index is 319. The Morgan fingerprint density at radius 3 is 2.44 bits per heavy atom. The topological polar surface area (TPSA) is 60.9 Å². The van der Waals surface area contributed by atoms with Crippen LogP contribution in [0.3, 0.4) is 0 Å². The molecule has 0 bridgehead atoms. The van der Waals surface area contributed by atoms with Crippen molar-refractivity contribution in [1.29, 1.82) is 0 Å². The predicted octanol–water partition coefficient (Wildman–Crippen LogP) is -0.552. The lowest BCUT2D eigenvalue weighted by Crippen LogP contribution is -2.65. The molecule has 1 saturated heterocycles. The maximum atomic E-state index is 11.7. The zero-order chi connectivity index (χ0) is 11.9. The minimum absolute atomic E-state index is 0.0805. The zero-order valence-electron chi connectivity index (χ0n) is 9.77. The van der Waals surface area contributed by atoms with Crippen LogP contribution < -0.4 is 0 Å². The molecule has 0 spiro atoms. The van der Waals surface area contributed by atoms with Crippen molar-refractivity contribution < 1.29 is 14.7 Å². The van der Waals surface area contributed by atoms with Gasteiger partial charge in [-0.1, -0.05) is 0 Å². The minimum Gasteiger partial charge on any atom is -0.386 e. The van der Waals surface area contributed by atoms with Crippen LogP contribution in [-0.4, -0.2) is 59.0 Å². The highest BCUT2D eigenvalue weighted by Crippen LogP contribution is 2.44. The zero-order valence-corrected chi connectivity index (χ0v) is 9.77. The summed E-state index contributed by atoms with van der Waals surface area (Å²) < 4.78 is 0. The largest absolute Gasteiger partial charge is 0.386 e. The van der Waals surface area contributed by atoms with E-state index in [1.165, 1.54) is 11.8 Å². The maximum absolute atomic E-state index is 11.7. The molecule has 5 heteroatoms. The first-order chi connectivity index (χ1) is 7.42. The van der Waals surface area contributed by atoms with Gasteiger partial charge in [-0.3, -0.25) is 9.59 Å². The quantitative estimate of drug-likeness (QED) is 0.702. The average molecular weight is 226 g/mol. The molecular formula is C11H18N2O3. The molecule has 16 heavy (non-hydrogen) atoms. The molecule has 2 amide bonds. The van der Waals surface area contributed by atoms with E-state index < -0.39 is 5.60 Å². The lowest BCUT2D eigenvalue weighted by atomic mass is 9.88. The maximum Gasteiger partial charge on any atom is 0.242 e. The highest BCUT2D eigenvalue weighted by Gasteiger charge is 2.53. The Balaban J connectivity index is 1.78. The molecule has 1 aliphatic carbocycles. The number of β-amino-alcohol motifs (C(OH)–C–C–N with tert-alkyl or cyclic N) is 1. The molecule has 5 nitrogen and oxygen atoms in total. The van der Waals surface area contributed by atoms with Crippen LogP contribution in [-0.2, 0) is 9.59 Å². The molecule has 1 N–H and O–H groups in total. The number of likely N-dealkylation sites (N-methyl/N-ethyl adjacent to an activating group) is 1. The fourth-order valence-corrected chi connectivity index (χ4v) is 2.08. The third kappa shape index (κ3) is 2.04. The van der Waals surface area contributed by atoms with E-state index in [0.29, 0.717) is 19.0 Å². The molecule has 1 heterocycles. The standard InChI is InChI=1S/C11H18N2O3/c1-8(14)12(2)5-10(15)13-6-11(16,7-13)9-3-4-9/h9,16H,3-7H2,1-2H3. The van der Waals surface area contributed by atoms with Crippen molar-refractivity contribution in [3.05, 3.63) is 0 Å². The van der Waals surface area contributed by atoms with Gasteiger partial charge < -0.3 is 14.9 Å². The number of hydrogen-bond donors (Lipinski definition) is 1. The van der Waals surface area contributed by atoms with Crippen LogP contribution in [0, 0.1) is 5.92 Å². The van der Waals surface area contributed by atoms with E-state index in [9.17, 15) is 14.7 Å². The first-order valence-electron chi connectivity index (χ1n) is 5.64. The van der Waals surface area contributed by atoms with Crippen LogP contribution in [0.4, 0.5) is 0 Å². The van der Waals surface area contributed by atoms with Crippen molar-refractivity contribution in [2.45, 2.75) is 25.4 Å². The highest BCUT2D eigenvalue weighted by molar-refractivity contribution is 5.84. The van der Waals surface area contributed by atoms with Crippen LogP contribution in [0.25, 0.3) is 0 Å². The summed E-state index contributed by atoms with van der Waals surface area (Å²) in [6.45, 7) is 2.41. The lowest BCUT2D eigenvalue weighted by Gasteiger charge is -2.47. The van der Waals surface area contributed by atoms with Gasteiger partial charge in [0.15, 0.2) is 0 Å². The Kier molecular flexibility index (Phi) is 2.66. The van der Waals surface area contributed by atoms with E-state index in [4.69, 9.17) is 0 Å². The van der Waals surface area contributed by atoms with Gasteiger partial charge in [-0.15, -0.1) is 0 Å². The summed E-state index contributed by atoms with van der Waals surface area (Å²) in [5.74, 6) is 0.191. The monoisotopic (exact) mass is 226 g/mol. The fraction of sp³-hybridized carbons (Fsp3) is 0.818. The second-order valence-electron chi connectivity index (χ2n) is 5.00. The second kappa shape index (κ2) is 3.73. The van der Waals surface area contributed by atoms with E-state index in [1.54, 1.807) is 11.9 Å². The Morgan fingerprint density at radius 2 is 2.00 bits per heavy atom. The van der Waals surface area contributed by atoms with Crippen LogP contribution in [0.1, 0.15) is 19.8 Å². The van der Waals surface area contributed by atoms with Gasteiger partial charge in [0.1, 0.15) is 5.60 Å². The van der Waals surface area contributed by atoms with Crippen molar-refractivity contribution in [3.63, 3.8) is 0 Å². The Labute approximate surface area is 95.0 Å². The van der Waals surface area contributed by atoms with E-state index in [2.05, 4.69) is 0 Å². The second-order valence-corrected chi connectivity index (χ2v) is 5.00. The number of carbonyl (C=O) groups is 2. The van der Waals surface area contributed by atoms with Gasteiger partial charge >= 0.3 is 0 Å². The van der Waals surface area contributed by atoms with Crippen LogP contribution in [0.5, 0.6) is 0 Å². The summed E-state index contributed by atoms with van der Waals surface area (Å²) in [5, 5.41) is 10.0. The van der Waals surface area contributed by atoms with Crippen molar-refractivity contribution in [1.82, 2.24) is 9.80 Å². The first kappa shape index (κ1) is 11.4. The predicted molar refractivity (Wildman–Crippen MR) is 57.6 cm³/mol. The van der Waals surface area contributed by atoms with Crippen molar-refractivity contribution >= 4 is 11.8 Å². The summed E-state index contributed by atoms with van der Waals surface area (Å²) in [5.41, 5.74) is -0.634. The van der Waals surface area contributed by atoms with E-state index in [-0.39, 0.29) is 18.4 Å². The van der Waals surface area contributed by atoms with Crippen LogP contribution >= 0.6 is 0 Å². The van der Waals surface area contributed by atoms with Gasteiger partial charge in [-0.25, -0.2) is 0 Å². The molecule has 0 radical (unpaired) electrons. The Hall–Kier alpha value is -1.10. The van der Waals surface area contributed by atoms with Crippen molar-refractivity contribution in [2.24, 2.45) is 5.92 Å². The molecule has 0 aromatic heterocycles. The summed E-state index contributed by atoms with van der Waals surface area (Å²) in [6, 6.07) is 0. The summed E-state index contributed by atoms with van der Waals surface area (Å²) in [6.07, 6.45) is 2.15. The smallest absolute Gasteiger partial charge is 0.242 e. The average Bonchev–Trinajstić information content (AvgIpc) is 2.95. The van der Waals surface area contributed by atoms with Crippen LogP contribution in [0.15, 0.2) is 0 Å². The molecule has 1 saturated carbocycles. The number of hydrogen-bond acceptors (Lipinski definition) is 3. The Morgan fingerprint density at radius 1 is 1.44 bits per heavy atom. The summed E-state index contributed by atoms with van der Waals surface area (Å²) in [7, 11) is 1.60. The van der Waals surface area contributed by atoms with E-state index in [1.807, 2.05) is 0 Å². The van der Waals surface area contributed by atoms with Gasteiger partial charge in [0.2, 0.25) is 11.8 Å². The number of likely N-dealkylation sites (tertiary alicyclic amines) is 1. The molecule has 90 valence electrons. The number of aliphatic hydroxyl groups is 1. The minimum atomic E-state index is -0.634. The third-order valence-electron chi connectivity index (χ3n) is 3.53. The molecule has 0 atom stereocenters. The van der Waals surface area contributed by atoms with Gasteiger partial charge in [0, 0.05) is 14.0 Å². The van der Waals surface area contributed by atoms with Gasteiger partial charge in [0.25, 0.3) is 0 Å². The van der Waals surface area contributed by atoms with Crippen molar-refractivity contribution in [2.75, 3.05) is 26.7 Å². The SMILES string of the molecule is CC(=O)N(C)CC(=O)N1CC(O)(C2CC2)C1. The van der Waals surface area contributed by atoms with Gasteiger partial charge in [0.05, 0.1) is 19.6 Å². The van der Waals surface area contributed by atoms with Gasteiger partial charge in [-0.2, -0.15) is 0 Å². The number of amides is 2. The molecule has 1 aliphatic heterocycles. The van der Waals surface area contributed by atoms with E-state index in [0.717, 1.165) is 12.8 Å². The van der Waals surface area contributed by atoms with E-state index >= 15 is 0 Å². The molecule has 0 aromatic rings. The number of rotatable bonds is 3. The lowest BCUT2D eigenvalue weighted by molar-refractivity contribution is -0.161. The molecule has 0 aromatic carbocycles. The molecule has 0 unspecified atom stereocenters. The summed E-state index contributed by atoms with van der Waals surface area (Å²) >= 11 is 0. The fourth-order valence-electron chi connectivity index (χ4n) is 2.08. The molecule has 2 aliphatic rings. The molecule has 2 rings (SSSR count). The molecule has 2 fully saturated rings. The summed E-state index contributed by atoms with van der Waals surface area (Å²) in [4.78, 5) is 25.7. The third-order valence-corrected chi connectivity index (χ3v) is 3.53. The molecular weight excluding hydrogens is 208 g/mol. The number of carbonyl (C=O) groups excluding carboxylic acids is 2. The first-order valence-corrected chi connectivity index (χ1v) is 5.64. The van der Waals surface area contributed by atoms with Gasteiger partial charge in [-0.05, 0) is 18.8 Å². The normalized spacial score (nSPS) is 22.6. The van der Waals surface area contributed by atoms with Crippen molar-refractivity contribution in [3.8, 4) is 0 Å². The number of nitrogens with zero attached hydrogens (tertiary/aromatic N) is 2. The van der Waals surface area contributed by atoms with Crippen LogP contribution in [0.2, 0.25) is 0 Å². The highest BCUT2D eigenvalue weighted by atomic mass is 16.3.